The molecule has 0 atom stereocenters. The van der Waals surface area contributed by atoms with Crippen LogP contribution >= 0.6 is 0 Å². The Hall–Kier alpha value is -4.09. The van der Waals surface area contributed by atoms with Gasteiger partial charge in [-0.25, -0.2) is 23.7 Å². The molecule has 0 spiro atoms. The van der Waals surface area contributed by atoms with Crippen molar-refractivity contribution in [2.75, 3.05) is 5.32 Å². The Labute approximate surface area is 215 Å². The van der Waals surface area contributed by atoms with E-state index in [9.17, 15) is 26.7 Å². The summed E-state index contributed by atoms with van der Waals surface area (Å²) in [7, 11) is 0. The molecule has 0 unspecified atom stereocenters. The molecule has 1 heterocycles. The number of aliphatic imine (C=N–C) groups is 1. The maximum atomic E-state index is 13.6. The van der Waals surface area contributed by atoms with Crippen LogP contribution in [0.25, 0.3) is 0 Å². The van der Waals surface area contributed by atoms with Gasteiger partial charge in [-0.15, -0.1) is 0 Å². The Bertz CT molecular complexity index is 1280. The van der Waals surface area contributed by atoms with Crippen molar-refractivity contribution in [3.63, 3.8) is 0 Å². The average molecular weight is 533 g/mol. The second-order valence-electron chi connectivity index (χ2n) is 8.86. The van der Waals surface area contributed by atoms with Crippen molar-refractivity contribution in [1.29, 1.82) is 0 Å². The normalized spacial score (nSPS) is 18.1. The number of aromatic nitrogens is 2. The zero-order valence-corrected chi connectivity index (χ0v) is 20.1. The Balaban J connectivity index is 1.45. The highest BCUT2D eigenvalue weighted by molar-refractivity contribution is 6.05. The molecular formula is C26H25F5N6O. The Kier molecular flexibility index (Phi) is 8.49. The van der Waals surface area contributed by atoms with Crippen LogP contribution in [0, 0.1) is 11.6 Å². The smallest absolute Gasteiger partial charge is 0.353 e. The molecule has 1 aliphatic rings. The number of nitrogens with zero attached hydrogens (tertiary/aromatic N) is 3. The van der Waals surface area contributed by atoms with Crippen LogP contribution in [-0.2, 0) is 12.7 Å². The summed E-state index contributed by atoms with van der Waals surface area (Å²) >= 11 is 0. The molecule has 1 aliphatic carbocycles. The van der Waals surface area contributed by atoms with Gasteiger partial charge in [0.15, 0.2) is 17.6 Å². The first-order valence-corrected chi connectivity index (χ1v) is 11.9. The number of hydrogen-bond donors (Lipinski definition) is 3. The summed E-state index contributed by atoms with van der Waals surface area (Å²) in [5.41, 5.74) is -0.649. The Morgan fingerprint density at radius 3 is 2.32 bits per heavy atom. The van der Waals surface area contributed by atoms with E-state index in [1.54, 1.807) is 18.5 Å². The van der Waals surface area contributed by atoms with Gasteiger partial charge in [0.2, 0.25) is 5.95 Å². The number of amides is 1. The van der Waals surface area contributed by atoms with Crippen molar-refractivity contribution in [3.8, 4) is 0 Å². The zero-order chi connectivity index (χ0) is 27.1. The van der Waals surface area contributed by atoms with Gasteiger partial charge in [-0.3, -0.25) is 10.1 Å². The van der Waals surface area contributed by atoms with E-state index >= 15 is 0 Å². The van der Waals surface area contributed by atoms with E-state index in [-0.39, 0.29) is 35.7 Å². The molecule has 200 valence electrons. The number of carbonyl (C=O) groups is 1. The van der Waals surface area contributed by atoms with Gasteiger partial charge in [-0.05, 0) is 67.6 Å². The van der Waals surface area contributed by atoms with E-state index in [1.165, 1.54) is 12.1 Å². The molecule has 0 radical (unpaired) electrons. The summed E-state index contributed by atoms with van der Waals surface area (Å²) in [5.74, 6) is -2.45. The molecule has 38 heavy (non-hydrogen) atoms. The molecule has 1 fully saturated rings. The van der Waals surface area contributed by atoms with Crippen LogP contribution in [0.1, 0.15) is 47.2 Å². The number of guanidine groups is 1. The van der Waals surface area contributed by atoms with Gasteiger partial charge in [0.25, 0.3) is 5.91 Å². The first-order chi connectivity index (χ1) is 18.2. The van der Waals surface area contributed by atoms with Crippen molar-refractivity contribution < 1.29 is 26.7 Å². The third-order valence-electron chi connectivity index (χ3n) is 6.05. The van der Waals surface area contributed by atoms with Crippen LogP contribution in [0.2, 0.25) is 0 Å². The Morgan fingerprint density at radius 1 is 0.921 bits per heavy atom. The molecule has 12 heteroatoms. The lowest BCUT2D eigenvalue weighted by molar-refractivity contribution is -0.137. The molecule has 0 bridgehead atoms. The van der Waals surface area contributed by atoms with Crippen LogP contribution in [-0.4, -0.2) is 33.9 Å². The number of alkyl halides is 3. The third kappa shape index (κ3) is 7.46. The number of halogens is 5. The van der Waals surface area contributed by atoms with Crippen LogP contribution in [0.3, 0.4) is 0 Å². The van der Waals surface area contributed by atoms with Crippen LogP contribution in [0.15, 0.2) is 65.9 Å². The topological polar surface area (TPSA) is 91.3 Å². The number of nitrogens with one attached hydrogen (secondary N) is 3. The number of carbonyl (C=O) groups excluding carboxylic acids is 1. The number of benzene rings is 2. The summed E-state index contributed by atoms with van der Waals surface area (Å²) in [6.45, 7) is -0.146. The molecule has 3 aromatic rings. The first kappa shape index (κ1) is 27.0. The Morgan fingerprint density at radius 2 is 1.63 bits per heavy atom. The highest BCUT2D eigenvalue weighted by atomic mass is 19.4. The van der Waals surface area contributed by atoms with Gasteiger partial charge in [0.05, 0.1) is 12.1 Å². The van der Waals surface area contributed by atoms with Gasteiger partial charge in [0.1, 0.15) is 0 Å². The monoisotopic (exact) mass is 532 g/mol. The molecular weight excluding hydrogens is 507 g/mol. The SMILES string of the molecule is O=C(NC(=NCc1cccc(C(F)(F)F)c1)NC1CCC(Nc2ncccn2)CC1)c1ccc(F)c(F)c1. The van der Waals surface area contributed by atoms with E-state index < -0.39 is 29.3 Å². The fourth-order valence-corrected chi connectivity index (χ4v) is 4.09. The molecule has 3 N–H and O–H groups in total. The molecule has 1 aromatic heterocycles. The minimum atomic E-state index is -4.50. The summed E-state index contributed by atoms with van der Waals surface area (Å²) in [5, 5.41) is 8.97. The van der Waals surface area contributed by atoms with Gasteiger partial charge >= 0.3 is 6.18 Å². The van der Waals surface area contributed by atoms with Gasteiger partial charge in [0, 0.05) is 30.0 Å². The zero-order valence-electron chi connectivity index (χ0n) is 20.1. The maximum absolute atomic E-state index is 13.6. The van der Waals surface area contributed by atoms with Crippen molar-refractivity contribution in [3.05, 3.63) is 89.2 Å². The highest BCUT2D eigenvalue weighted by Crippen LogP contribution is 2.29. The lowest BCUT2D eigenvalue weighted by Gasteiger charge is -2.30. The lowest BCUT2D eigenvalue weighted by atomic mass is 9.91. The average Bonchev–Trinajstić information content (AvgIpc) is 2.90. The van der Waals surface area contributed by atoms with Crippen molar-refractivity contribution in [2.45, 2.75) is 50.5 Å². The van der Waals surface area contributed by atoms with Crippen LogP contribution < -0.4 is 16.0 Å². The predicted molar refractivity (Wildman–Crippen MR) is 131 cm³/mol. The lowest BCUT2D eigenvalue weighted by Crippen LogP contribution is -2.48. The second-order valence-corrected chi connectivity index (χ2v) is 8.86. The highest BCUT2D eigenvalue weighted by Gasteiger charge is 2.30. The molecule has 0 aliphatic heterocycles. The van der Waals surface area contributed by atoms with Crippen molar-refractivity contribution in [2.24, 2.45) is 4.99 Å². The predicted octanol–water partition coefficient (Wildman–Crippen LogP) is 5.07. The first-order valence-electron chi connectivity index (χ1n) is 11.9. The van der Waals surface area contributed by atoms with E-state index in [1.807, 2.05) is 0 Å². The van der Waals surface area contributed by atoms with E-state index in [0.29, 0.717) is 18.8 Å². The number of hydrogen-bond acceptors (Lipinski definition) is 5. The molecule has 4 rings (SSSR count). The van der Waals surface area contributed by atoms with Gasteiger partial charge in [-0.1, -0.05) is 12.1 Å². The van der Waals surface area contributed by atoms with Gasteiger partial charge in [-0.2, -0.15) is 13.2 Å². The van der Waals surface area contributed by atoms with E-state index in [2.05, 4.69) is 30.9 Å². The van der Waals surface area contributed by atoms with Crippen molar-refractivity contribution >= 4 is 17.8 Å². The van der Waals surface area contributed by atoms with Crippen molar-refractivity contribution in [1.82, 2.24) is 20.6 Å². The minimum Gasteiger partial charge on any atom is -0.353 e. The second kappa shape index (κ2) is 12.0. The summed E-state index contributed by atoms with van der Waals surface area (Å²) in [6.07, 6.45) is 1.74. The molecule has 0 saturated heterocycles. The summed E-state index contributed by atoms with van der Waals surface area (Å²) < 4.78 is 66.2. The largest absolute Gasteiger partial charge is 0.416 e. The summed E-state index contributed by atoms with van der Waals surface area (Å²) in [4.78, 5) is 25.4. The molecule has 1 amide bonds. The van der Waals surface area contributed by atoms with Crippen LogP contribution in [0.5, 0.6) is 0 Å². The quantitative estimate of drug-likeness (QED) is 0.234. The maximum Gasteiger partial charge on any atom is 0.416 e. The van der Waals surface area contributed by atoms with E-state index in [0.717, 1.165) is 43.2 Å². The van der Waals surface area contributed by atoms with E-state index in [4.69, 9.17) is 0 Å². The van der Waals surface area contributed by atoms with Crippen LogP contribution in [0.4, 0.5) is 27.9 Å². The minimum absolute atomic E-state index is 0.0277. The third-order valence-corrected chi connectivity index (χ3v) is 6.05. The fraction of sp³-hybridized carbons (Fsp3) is 0.308. The van der Waals surface area contributed by atoms with Gasteiger partial charge < -0.3 is 10.6 Å². The fourth-order valence-electron chi connectivity index (χ4n) is 4.09. The summed E-state index contributed by atoms with van der Waals surface area (Å²) in [6, 6.07) is 9.24. The standard InChI is InChI=1S/C26H25F5N6O/c27-21-10-5-17(14-22(21)28)23(38)37-25(34-15-16-3-1-4-18(13-16)26(29,30)31)36-20-8-6-19(7-9-20)35-24-32-11-2-12-33-24/h1-5,10-14,19-20H,6-9,15H2,(H,32,33,35)(H2,34,36,37,38). The molecule has 2 aromatic carbocycles. The number of rotatable bonds is 6. The molecule has 7 nitrogen and oxygen atoms in total. The number of anilines is 1. The molecule has 1 saturated carbocycles.